The molecule has 0 aromatic heterocycles. The maximum atomic E-state index is 11.5. The van der Waals surface area contributed by atoms with Gasteiger partial charge in [0.15, 0.2) is 0 Å². The second kappa shape index (κ2) is 15.4. The molecule has 5 heteroatoms. The first-order valence-electron chi connectivity index (χ1n) is 7.48. The molecule has 0 aliphatic rings. The van der Waals surface area contributed by atoms with Crippen molar-refractivity contribution in [3.05, 3.63) is 6.92 Å². The van der Waals surface area contributed by atoms with Gasteiger partial charge in [-0.25, -0.2) is 0 Å². The summed E-state index contributed by atoms with van der Waals surface area (Å²) in [4.78, 5) is 11.5. The Hall–Kier alpha value is -0.650. The third-order valence-corrected chi connectivity index (χ3v) is 2.83. The van der Waals surface area contributed by atoms with Gasteiger partial charge in [-0.2, -0.15) is 0 Å². The van der Waals surface area contributed by atoms with E-state index in [-0.39, 0.29) is 5.91 Å². The van der Waals surface area contributed by atoms with E-state index in [9.17, 15) is 4.79 Å². The van der Waals surface area contributed by atoms with E-state index in [1.54, 1.807) is 0 Å². The summed E-state index contributed by atoms with van der Waals surface area (Å²) < 4.78 is 0. The molecule has 19 heavy (non-hydrogen) atoms. The van der Waals surface area contributed by atoms with E-state index in [1.165, 1.54) is 12.8 Å². The van der Waals surface area contributed by atoms with Gasteiger partial charge in [0.25, 0.3) is 0 Å². The molecule has 5 N–H and O–H groups in total. The molecule has 0 atom stereocenters. The first-order valence-corrected chi connectivity index (χ1v) is 7.48. The minimum absolute atomic E-state index is 0.165. The van der Waals surface area contributed by atoms with Gasteiger partial charge in [0, 0.05) is 45.7 Å². The van der Waals surface area contributed by atoms with Crippen LogP contribution in [0, 0.1) is 6.92 Å². The van der Waals surface area contributed by atoms with Crippen LogP contribution >= 0.6 is 0 Å². The number of hydrogen-bond acceptors (Lipinski definition) is 4. The molecule has 0 bridgehead atoms. The standard InChI is InChI=1S/C14H31N4O/c1-2-3-4-5-6-7-14(19)18-13-12-17-11-10-16-9-8-15/h16-17H,1-13,15H2,(H,18,19). The molecule has 0 saturated carbocycles. The fraction of sp³-hybridized carbons (Fsp3) is 0.857. The van der Waals surface area contributed by atoms with E-state index in [0.717, 1.165) is 45.4 Å². The van der Waals surface area contributed by atoms with Crippen LogP contribution in [0.3, 0.4) is 0 Å². The smallest absolute Gasteiger partial charge is 0.220 e. The predicted molar refractivity (Wildman–Crippen MR) is 80.9 cm³/mol. The van der Waals surface area contributed by atoms with E-state index in [1.807, 2.05) is 0 Å². The number of nitrogens with one attached hydrogen (secondary N) is 3. The Labute approximate surface area is 118 Å². The molecule has 0 saturated heterocycles. The largest absolute Gasteiger partial charge is 0.355 e. The van der Waals surface area contributed by atoms with E-state index in [2.05, 4.69) is 22.9 Å². The summed E-state index contributed by atoms with van der Waals surface area (Å²) in [6.45, 7) is 8.67. The maximum Gasteiger partial charge on any atom is 0.220 e. The molecule has 0 fully saturated rings. The summed E-state index contributed by atoms with van der Waals surface area (Å²) in [7, 11) is 0. The Morgan fingerprint density at radius 2 is 1.53 bits per heavy atom. The van der Waals surface area contributed by atoms with Gasteiger partial charge in [-0.1, -0.05) is 32.6 Å². The lowest BCUT2D eigenvalue weighted by Crippen LogP contribution is -2.35. The van der Waals surface area contributed by atoms with Crippen LogP contribution in [-0.4, -0.2) is 45.2 Å². The number of nitrogens with two attached hydrogens (primary N) is 1. The first kappa shape index (κ1) is 18.4. The minimum Gasteiger partial charge on any atom is -0.355 e. The summed E-state index contributed by atoms with van der Waals surface area (Å²) in [5, 5.41) is 9.38. The number of carbonyl (C=O) groups is 1. The maximum absolute atomic E-state index is 11.5. The number of rotatable bonds is 14. The van der Waals surface area contributed by atoms with E-state index in [4.69, 9.17) is 5.73 Å². The molecule has 0 unspecified atom stereocenters. The highest BCUT2D eigenvalue weighted by Crippen LogP contribution is 2.04. The zero-order chi connectivity index (χ0) is 14.2. The number of amides is 1. The zero-order valence-corrected chi connectivity index (χ0v) is 12.2. The summed E-state index contributed by atoms with van der Waals surface area (Å²) >= 11 is 0. The van der Waals surface area contributed by atoms with Crippen molar-refractivity contribution < 1.29 is 4.79 Å². The van der Waals surface area contributed by atoms with E-state index >= 15 is 0 Å². The van der Waals surface area contributed by atoms with Gasteiger partial charge in [0.05, 0.1) is 0 Å². The lowest BCUT2D eigenvalue weighted by molar-refractivity contribution is -0.121. The number of carbonyl (C=O) groups excluding carboxylic acids is 1. The Balaban J connectivity index is 3.12. The molecule has 0 aromatic carbocycles. The second-order valence-electron chi connectivity index (χ2n) is 4.66. The van der Waals surface area contributed by atoms with Crippen molar-refractivity contribution in [1.29, 1.82) is 0 Å². The molecule has 0 heterocycles. The highest BCUT2D eigenvalue weighted by molar-refractivity contribution is 5.75. The number of unbranched alkanes of at least 4 members (excludes halogenated alkanes) is 4. The normalized spacial score (nSPS) is 10.6. The van der Waals surface area contributed by atoms with E-state index in [0.29, 0.717) is 19.5 Å². The predicted octanol–water partition coefficient (Wildman–Crippen LogP) is 0.415. The van der Waals surface area contributed by atoms with Gasteiger partial charge in [-0.05, 0) is 6.42 Å². The van der Waals surface area contributed by atoms with Crippen molar-refractivity contribution in [3.63, 3.8) is 0 Å². The van der Waals surface area contributed by atoms with E-state index < -0.39 is 0 Å². The Bertz CT molecular complexity index is 200. The molecule has 0 rings (SSSR count). The average Bonchev–Trinajstić information content (AvgIpc) is 2.41. The van der Waals surface area contributed by atoms with Crippen molar-refractivity contribution in [2.75, 3.05) is 39.3 Å². The topological polar surface area (TPSA) is 79.2 Å². The molecule has 0 aliphatic heterocycles. The van der Waals surface area contributed by atoms with Gasteiger partial charge < -0.3 is 21.7 Å². The van der Waals surface area contributed by atoms with Crippen molar-refractivity contribution in [1.82, 2.24) is 16.0 Å². The van der Waals surface area contributed by atoms with Crippen LogP contribution in [0.4, 0.5) is 0 Å². The van der Waals surface area contributed by atoms with Gasteiger partial charge in [-0.15, -0.1) is 0 Å². The molecule has 5 nitrogen and oxygen atoms in total. The molecule has 1 amide bonds. The van der Waals surface area contributed by atoms with Crippen LogP contribution in [0.15, 0.2) is 0 Å². The van der Waals surface area contributed by atoms with Crippen molar-refractivity contribution >= 4 is 5.91 Å². The summed E-state index contributed by atoms with van der Waals surface area (Å²) in [6.07, 6.45) is 6.13. The van der Waals surface area contributed by atoms with Crippen molar-refractivity contribution in [3.8, 4) is 0 Å². The molecule has 0 spiro atoms. The van der Waals surface area contributed by atoms with Gasteiger partial charge in [0.1, 0.15) is 0 Å². The lowest BCUT2D eigenvalue weighted by Gasteiger charge is -2.07. The monoisotopic (exact) mass is 271 g/mol. The molecular formula is C14H31N4O. The van der Waals surface area contributed by atoms with Gasteiger partial charge in [0.2, 0.25) is 5.91 Å². The third kappa shape index (κ3) is 15.3. The molecule has 0 aromatic rings. The Morgan fingerprint density at radius 3 is 2.21 bits per heavy atom. The van der Waals surface area contributed by atoms with Crippen molar-refractivity contribution in [2.24, 2.45) is 5.73 Å². The summed E-state index contributed by atoms with van der Waals surface area (Å²) in [5.41, 5.74) is 5.36. The third-order valence-electron chi connectivity index (χ3n) is 2.83. The van der Waals surface area contributed by atoms with Crippen LogP contribution in [0.2, 0.25) is 0 Å². The quantitative estimate of drug-likeness (QED) is 0.345. The first-order chi connectivity index (χ1) is 9.31. The van der Waals surface area contributed by atoms with Crippen molar-refractivity contribution in [2.45, 2.75) is 38.5 Å². The van der Waals surface area contributed by atoms with Crippen LogP contribution in [0.25, 0.3) is 0 Å². The van der Waals surface area contributed by atoms with Crippen LogP contribution in [0.1, 0.15) is 38.5 Å². The minimum atomic E-state index is 0.165. The molecule has 0 aliphatic carbocycles. The highest BCUT2D eigenvalue weighted by Gasteiger charge is 1.99. The lowest BCUT2D eigenvalue weighted by atomic mass is 10.1. The van der Waals surface area contributed by atoms with Gasteiger partial charge in [-0.3, -0.25) is 4.79 Å². The number of hydrogen-bond donors (Lipinski definition) is 4. The highest BCUT2D eigenvalue weighted by atomic mass is 16.1. The van der Waals surface area contributed by atoms with Crippen LogP contribution in [0.5, 0.6) is 0 Å². The second-order valence-corrected chi connectivity index (χ2v) is 4.66. The fourth-order valence-electron chi connectivity index (χ4n) is 1.72. The zero-order valence-electron chi connectivity index (χ0n) is 12.2. The average molecular weight is 271 g/mol. The fourth-order valence-corrected chi connectivity index (χ4v) is 1.72. The van der Waals surface area contributed by atoms with Crippen LogP contribution in [-0.2, 0) is 4.79 Å². The summed E-state index contributed by atoms with van der Waals surface area (Å²) in [6, 6.07) is 0. The molecular weight excluding hydrogens is 240 g/mol. The van der Waals surface area contributed by atoms with Gasteiger partial charge >= 0.3 is 0 Å². The summed E-state index contributed by atoms with van der Waals surface area (Å²) in [5.74, 6) is 0.165. The molecule has 1 radical (unpaired) electrons. The Morgan fingerprint density at radius 1 is 0.895 bits per heavy atom. The molecule has 113 valence electrons. The SMILES string of the molecule is [CH2]CCCCCCC(=O)NCCNCCNCCN. The Kier molecular flexibility index (Phi) is 14.9. The van der Waals surface area contributed by atoms with Crippen LogP contribution < -0.4 is 21.7 Å².